The maximum Gasteiger partial charge on any atom is 0.149 e. The first kappa shape index (κ1) is 12.4. The van der Waals surface area contributed by atoms with Gasteiger partial charge in [0.25, 0.3) is 0 Å². The molecule has 0 heterocycles. The molecule has 1 nitrogen and oxygen atoms in total. The molecule has 1 unspecified atom stereocenters. The zero-order valence-electron chi connectivity index (χ0n) is 9.46. The molecular weight excluding hydrogens is 252 g/mol. The molecule has 1 aromatic rings. The van der Waals surface area contributed by atoms with Crippen LogP contribution < -0.4 is 0 Å². The number of halogens is 1. The fourth-order valence-corrected chi connectivity index (χ4v) is 2.30. The number of hydrogen-bond donors (Lipinski definition) is 0. The minimum absolute atomic E-state index is 0.0554. The lowest BCUT2D eigenvalue weighted by Gasteiger charge is -2.11. The van der Waals surface area contributed by atoms with Gasteiger partial charge in [-0.2, -0.15) is 0 Å². The van der Waals surface area contributed by atoms with Crippen LogP contribution in [0.2, 0.25) is 0 Å². The van der Waals surface area contributed by atoms with E-state index in [1.54, 1.807) is 0 Å². The Morgan fingerprint density at radius 2 is 1.80 bits per heavy atom. The number of ketones is 1. The summed E-state index contributed by atoms with van der Waals surface area (Å²) in [4.78, 5) is 11.6. The predicted molar refractivity (Wildman–Crippen MR) is 67.4 cm³/mol. The van der Waals surface area contributed by atoms with E-state index in [-0.39, 0.29) is 16.5 Å². The van der Waals surface area contributed by atoms with E-state index in [0.29, 0.717) is 0 Å². The third-order valence-corrected chi connectivity index (χ3v) is 3.19. The van der Waals surface area contributed by atoms with Crippen LogP contribution >= 0.6 is 15.9 Å². The summed E-state index contributed by atoms with van der Waals surface area (Å²) in [6, 6.07) is 8.32. The van der Waals surface area contributed by atoms with Crippen LogP contribution in [0.1, 0.15) is 25.0 Å². The van der Waals surface area contributed by atoms with Gasteiger partial charge in [0.05, 0.1) is 4.83 Å². The molecule has 0 spiro atoms. The van der Waals surface area contributed by atoms with Gasteiger partial charge in [0.1, 0.15) is 5.78 Å². The first-order chi connectivity index (χ1) is 7.00. The number of carbonyl (C=O) groups is 1. The predicted octanol–water partition coefficient (Wildman–Crippen LogP) is 3.53. The van der Waals surface area contributed by atoms with Gasteiger partial charge in [-0.05, 0) is 18.9 Å². The molecular formula is C13H17BrO. The van der Waals surface area contributed by atoms with Crippen molar-refractivity contribution in [2.24, 2.45) is 5.92 Å². The van der Waals surface area contributed by atoms with E-state index in [1.807, 2.05) is 13.8 Å². The molecule has 0 amide bonds. The summed E-state index contributed by atoms with van der Waals surface area (Å²) in [5, 5.41) is 0. The van der Waals surface area contributed by atoms with E-state index >= 15 is 0 Å². The summed E-state index contributed by atoms with van der Waals surface area (Å²) in [6.45, 7) is 5.94. The molecule has 1 rings (SSSR count). The van der Waals surface area contributed by atoms with Crippen LogP contribution in [0.4, 0.5) is 0 Å². The normalized spacial score (nSPS) is 12.9. The summed E-state index contributed by atoms with van der Waals surface area (Å²) < 4.78 is 0. The van der Waals surface area contributed by atoms with E-state index in [0.717, 1.165) is 6.42 Å². The van der Waals surface area contributed by atoms with Crippen LogP contribution in [0.5, 0.6) is 0 Å². The van der Waals surface area contributed by atoms with Crippen molar-refractivity contribution in [3.63, 3.8) is 0 Å². The van der Waals surface area contributed by atoms with Crippen LogP contribution in [-0.4, -0.2) is 10.6 Å². The lowest BCUT2D eigenvalue weighted by molar-refractivity contribution is -0.121. The van der Waals surface area contributed by atoms with Crippen molar-refractivity contribution in [2.45, 2.75) is 32.0 Å². The highest BCUT2D eigenvalue weighted by molar-refractivity contribution is 9.10. The van der Waals surface area contributed by atoms with Crippen molar-refractivity contribution >= 4 is 21.7 Å². The Labute approximate surface area is 100 Å². The Hall–Kier alpha value is -0.630. The van der Waals surface area contributed by atoms with Crippen LogP contribution in [0.25, 0.3) is 0 Å². The fourth-order valence-electron chi connectivity index (χ4n) is 1.39. The first-order valence-corrected chi connectivity index (χ1v) is 6.15. The van der Waals surface area contributed by atoms with Gasteiger partial charge in [-0.1, -0.05) is 59.6 Å². The highest BCUT2D eigenvalue weighted by Gasteiger charge is 2.18. The molecule has 0 fully saturated rings. The van der Waals surface area contributed by atoms with E-state index in [2.05, 4.69) is 47.1 Å². The number of rotatable bonds is 4. The summed E-state index contributed by atoms with van der Waals surface area (Å²) >= 11 is 3.45. The van der Waals surface area contributed by atoms with Gasteiger partial charge >= 0.3 is 0 Å². The molecule has 0 aliphatic carbocycles. The topological polar surface area (TPSA) is 17.1 Å². The van der Waals surface area contributed by atoms with Crippen molar-refractivity contribution in [3.8, 4) is 0 Å². The number of Topliss-reactive ketones (excluding diaryl/α,β-unsaturated/α-hetero) is 1. The maximum atomic E-state index is 11.7. The Balaban J connectivity index is 2.62. The Bertz CT molecular complexity index is 327. The molecule has 0 radical (unpaired) electrons. The van der Waals surface area contributed by atoms with E-state index < -0.39 is 0 Å². The van der Waals surface area contributed by atoms with Crippen molar-refractivity contribution in [2.75, 3.05) is 0 Å². The summed E-state index contributed by atoms with van der Waals surface area (Å²) in [6.07, 6.45) is 0.775. The van der Waals surface area contributed by atoms with Crippen LogP contribution in [0.15, 0.2) is 24.3 Å². The zero-order chi connectivity index (χ0) is 11.4. The zero-order valence-corrected chi connectivity index (χ0v) is 11.0. The van der Waals surface area contributed by atoms with Crippen LogP contribution in [0.3, 0.4) is 0 Å². The van der Waals surface area contributed by atoms with Crippen LogP contribution in [0, 0.1) is 12.8 Å². The van der Waals surface area contributed by atoms with Gasteiger partial charge in [-0.25, -0.2) is 0 Å². The molecule has 1 aromatic carbocycles. The number of hydrogen-bond acceptors (Lipinski definition) is 1. The summed E-state index contributed by atoms with van der Waals surface area (Å²) in [5.41, 5.74) is 2.46. The number of alkyl halides is 1. The lowest BCUT2D eigenvalue weighted by Crippen LogP contribution is -2.21. The largest absolute Gasteiger partial charge is 0.298 e. The highest BCUT2D eigenvalue weighted by Crippen LogP contribution is 2.15. The molecule has 1 atom stereocenters. The summed E-state index contributed by atoms with van der Waals surface area (Å²) in [5.74, 6) is 0.371. The van der Waals surface area contributed by atoms with Crippen LogP contribution in [-0.2, 0) is 11.2 Å². The Morgan fingerprint density at radius 1 is 1.27 bits per heavy atom. The number of carbonyl (C=O) groups excluding carboxylic acids is 1. The van der Waals surface area contributed by atoms with Gasteiger partial charge in [-0.15, -0.1) is 0 Å². The molecule has 0 saturated carbocycles. The monoisotopic (exact) mass is 268 g/mol. The quantitative estimate of drug-likeness (QED) is 0.764. The van der Waals surface area contributed by atoms with E-state index in [4.69, 9.17) is 0 Å². The first-order valence-electron chi connectivity index (χ1n) is 5.24. The molecule has 15 heavy (non-hydrogen) atoms. The molecule has 0 saturated heterocycles. The van der Waals surface area contributed by atoms with Gasteiger partial charge in [-0.3, -0.25) is 4.79 Å². The van der Waals surface area contributed by atoms with E-state index in [1.165, 1.54) is 11.1 Å². The molecule has 2 heteroatoms. The van der Waals surface area contributed by atoms with E-state index in [9.17, 15) is 4.79 Å². The molecule has 0 aliphatic heterocycles. The Morgan fingerprint density at radius 3 is 2.27 bits per heavy atom. The summed E-state index contributed by atoms with van der Waals surface area (Å²) in [7, 11) is 0. The average Bonchev–Trinajstić information content (AvgIpc) is 2.20. The van der Waals surface area contributed by atoms with Gasteiger partial charge < -0.3 is 0 Å². The second-order valence-corrected chi connectivity index (χ2v) is 5.32. The third-order valence-electron chi connectivity index (χ3n) is 2.41. The second kappa shape index (κ2) is 5.45. The lowest BCUT2D eigenvalue weighted by atomic mass is 10.0. The SMILES string of the molecule is Cc1ccc(CC(Br)C(=O)C(C)C)cc1. The minimum atomic E-state index is -0.0554. The number of aryl methyl sites for hydroxylation is 1. The van der Waals surface area contributed by atoms with Gasteiger partial charge in [0.15, 0.2) is 0 Å². The van der Waals surface area contributed by atoms with Crippen molar-refractivity contribution in [1.29, 1.82) is 0 Å². The van der Waals surface area contributed by atoms with Crippen molar-refractivity contribution in [1.82, 2.24) is 0 Å². The van der Waals surface area contributed by atoms with Crippen molar-refractivity contribution < 1.29 is 4.79 Å². The smallest absolute Gasteiger partial charge is 0.149 e. The van der Waals surface area contributed by atoms with Gasteiger partial charge in [0, 0.05) is 5.92 Å². The third kappa shape index (κ3) is 3.78. The fraction of sp³-hybridized carbons (Fsp3) is 0.462. The number of benzene rings is 1. The van der Waals surface area contributed by atoms with Crippen molar-refractivity contribution in [3.05, 3.63) is 35.4 Å². The minimum Gasteiger partial charge on any atom is -0.298 e. The highest BCUT2D eigenvalue weighted by atomic mass is 79.9. The standard InChI is InChI=1S/C13H17BrO/c1-9(2)13(15)12(14)8-11-6-4-10(3)5-7-11/h4-7,9,12H,8H2,1-3H3. The Kier molecular flexibility index (Phi) is 4.52. The molecule has 0 N–H and O–H groups in total. The second-order valence-electron chi connectivity index (χ2n) is 4.21. The average molecular weight is 269 g/mol. The maximum absolute atomic E-state index is 11.7. The van der Waals surface area contributed by atoms with Gasteiger partial charge in [0.2, 0.25) is 0 Å². The molecule has 0 aliphatic rings. The molecule has 82 valence electrons. The molecule has 0 bridgehead atoms. The molecule has 0 aromatic heterocycles.